The number of fused-ring (bicyclic) bond motifs is 1. The van der Waals surface area contributed by atoms with Crippen LogP contribution in [-0.2, 0) is 9.47 Å². The van der Waals surface area contributed by atoms with Crippen LogP contribution >= 0.6 is 15.9 Å². The van der Waals surface area contributed by atoms with Gasteiger partial charge in [0.1, 0.15) is 16.7 Å². The van der Waals surface area contributed by atoms with Gasteiger partial charge < -0.3 is 9.47 Å². The quantitative estimate of drug-likeness (QED) is 0.305. The highest BCUT2D eigenvalue weighted by molar-refractivity contribution is 9.10. The Labute approximate surface area is 237 Å². The third-order valence-electron chi connectivity index (χ3n) is 6.78. The van der Waals surface area contributed by atoms with E-state index in [4.69, 9.17) is 19.6 Å². The maximum Gasteiger partial charge on any atom is 0.419 e. The lowest BCUT2D eigenvalue weighted by molar-refractivity contribution is -0.00641. The molecule has 2 aliphatic carbocycles. The van der Waals surface area contributed by atoms with Crippen LogP contribution in [0.1, 0.15) is 84.9 Å². The molecule has 2 saturated carbocycles. The standard InChI is InChI=1S/C29H36BrN5O4/c1-28(2,3)38-26(36)34(27(37)39-29(4,5)6)15-17-12-19(13-17)35-16-20(24(33-35)18-10-11-18)23-14-31-25-21(30)8-7-9-22(25)32-23/h7-9,14,16-19H,10-13,15H2,1-6H3. The summed E-state index contributed by atoms with van der Waals surface area (Å²) in [5, 5.41) is 4.99. The largest absolute Gasteiger partial charge is 0.443 e. The molecule has 1 aromatic carbocycles. The molecule has 9 nitrogen and oxygen atoms in total. The molecule has 2 amide bonds. The Balaban J connectivity index is 1.31. The SMILES string of the molecule is CC(C)(C)OC(=O)N(CC1CC(n2cc(-c3cnc4c(Br)cccc4n3)c(C3CC3)n2)C1)C(=O)OC(C)(C)C. The molecule has 3 aromatic rings. The minimum absolute atomic E-state index is 0.130. The van der Waals surface area contributed by atoms with Crippen molar-refractivity contribution >= 4 is 39.1 Å². The lowest BCUT2D eigenvalue weighted by atomic mass is 9.80. The van der Waals surface area contributed by atoms with E-state index in [0.29, 0.717) is 5.92 Å². The van der Waals surface area contributed by atoms with Crippen molar-refractivity contribution in [1.82, 2.24) is 24.6 Å². The fourth-order valence-corrected chi connectivity index (χ4v) is 5.22. The summed E-state index contributed by atoms with van der Waals surface area (Å²) in [4.78, 5) is 36.4. The van der Waals surface area contributed by atoms with Crippen LogP contribution in [0.25, 0.3) is 22.3 Å². The molecule has 0 saturated heterocycles. The lowest BCUT2D eigenvalue weighted by Gasteiger charge is -2.38. The van der Waals surface area contributed by atoms with E-state index < -0.39 is 23.4 Å². The Bertz CT molecular complexity index is 1370. The average Bonchev–Trinajstić information content (AvgIpc) is 3.54. The first kappa shape index (κ1) is 27.6. The van der Waals surface area contributed by atoms with Crippen LogP contribution in [0.5, 0.6) is 0 Å². The fraction of sp³-hybridized carbons (Fsp3) is 0.552. The molecule has 2 aromatic heterocycles. The number of hydrogen-bond donors (Lipinski definition) is 0. The second kappa shape index (κ2) is 10.2. The monoisotopic (exact) mass is 597 g/mol. The summed E-state index contributed by atoms with van der Waals surface area (Å²) >= 11 is 3.55. The van der Waals surface area contributed by atoms with Gasteiger partial charge in [-0.25, -0.2) is 19.5 Å². The Morgan fingerprint density at radius 1 is 1.05 bits per heavy atom. The molecule has 5 rings (SSSR count). The summed E-state index contributed by atoms with van der Waals surface area (Å²) in [5.74, 6) is 0.580. The zero-order chi connectivity index (χ0) is 28.1. The first-order valence-electron chi connectivity index (χ1n) is 13.5. The number of amides is 2. The van der Waals surface area contributed by atoms with E-state index in [9.17, 15) is 9.59 Å². The molecule has 0 bridgehead atoms. The van der Waals surface area contributed by atoms with Gasteiger partial charge in [-0.3, -0.25) is 9.67 Å². The third kappa shape index (κ3) is 6.42. The van der Waals surface area contributed by atoms with Gasteiger partial charge in [-0.05, 0) is 101 Å². The summed E-state index contributed by atoms with van der Waals surface area (Å²) < 4.78 is 14.0. The molecule has 0 N–H and O–H groups in total. The van der Waals surface area contributed by atoms with Gasteiger partial charge >= 0.3 is 12.2 Å². The number of hydrogen-bond acceptors (Lipinski definition) is 7. The second-order valence-electron chi connectivity index (χ2n) is 12.6. The average molecular weight is 599 g/mol. The number of imide groups is 1. The number of para-hydroxylation sites is 1. The van der Waals surface area contributed by atoms with Gasteiger partial charge in [0.25, 0.3) is 0 Å². The number of nitrogens with zero attached hydrogens (tertiary/aromatic N) is 5. The minimum Gasteiger partial charge on any atom is -0.443 e. The van der Waals surface area contributed by atoms with Crippen molar-refractivity contribution in [2.24, 2.45) is 5.92 Å². The Hall–Kier alpha value is -3.01. The molecule has 2 fully saturated rings. The van der Waals surface area contributed by atoms with E-state index >= 15 is 0 Å². The summed E-state index contributed by atoms with van der Waals surface area (Å²) in [6.07, 6.45) is 6.40. The van der Waals surface area contributed by atoms with Crippen LogP contribution < -0.4 is 0 Å². The van der Waals surface area contributed by atoms with Gasteiger partial charge in [-0.2, -0.15) is 5.10 Å². The van der Waals surface area contributed by atoms with Crippen molar-refractivity contribution in [3.63, 3.8) is 0 Å². The fourth-order valence-electron chi connectivity index (χ4n) is 4.77. The number of ether oxygens (including phenoxy) is 2. The molecule has 2 heterocycles. The number of halogens is 1. The highest BCUT2D eigenvalue weighted by Crippen LogP contribution is 2.46. The van der Waals surface area contributed by atoms with E-state index in [1.54, 1.807) is 41.5 Å². The Morgan fingerprint density at radius 3 is 2.28 bits per heavy atom. The van der Waals surface area contributed by atoms with E-state index in [1.807, 2.05) is 29.1 Å². The third-order valence-corrected chi connectivity index (χ3v) is 7.42. The topological polar surface area (TPSA) is 99.4 Å². The van der Waals surface area contributed by atoms with Gasteiger partial charge in [-0.15, -0.1) is 0 Å². The summed E-state index contributed by atoms with van der Waals surface area (Å²) in [7, 11) is 0. The first-order valence-corrected chi connectivity index (χ1v) is 14.3. The molecule has 39 heavy (non-hydrogen) atoms. The second-order valence-corrected chi connectivity index (χ2v) is 13.5. The van der Waals surface area contributed by atoms with Gasteiger partial charge in [0.2, 0.25) is 0 Å². The maximum atomic E-state index is 12.9. The van der Waals surface area contributed by atoms with Crippen LogP contribution in [0.4, 0.5) is 9.59 Å². The number of carbonyl (C=O) groups excluding carboxylic acids is 2. The molecule has 0 unspecified atom stereocenters. The predicted molar refractivity (Wildman–Crippen MR) is 151 cm³/mol. The van der Waals surface area contributed by atoms with Crippen molar-refractivity contribution in [3.05, 3.63) is 40.8 Å². The number of carbonyl (C=O) groups is 2. The number of benzene rings is 1. The zero-order valence-electron chi connectivity index (χ0n) is 23.4. The summed E-state index contributed by atoms with van der Waals surface area (Å²) in [6.45, 7) is 10.9. The van der Waals surface area contributed by atoms with Gasteiger partial charge in [-0.1, -0.05) is 6.07 Å². The molecule has 0 spiro atoms. The number of aromatic nitrogens is 4. The molecular weight excluding hydrogens is 562 g/mol. The highest BCUT2D eigenvalue weighted by atomic mass is 79.9. The maximum absolute atomic E-state index is 12.9. The Morgan fingerprint density at radius 2 is 1.69 bits per heavy atom. The molecule has 0 aliphatic heterocycles. The van der Waals surface area contributed by atoms with Crippen LogP contribution in [0, 0.1) is 5.92 Å². The molecule has 0 radical (unpaired) electrons. The first-order chi connectivity index (χ1) is 18.3. The highest BCUT2D eigenvalue weighted by Gasteiger charge is 2.39. The molecule has 0 atom stereocenters. The van der Waals surface area contributed by atoms with Crippen LogP contribution in [0.2, 0.25) is 0 Å². The summed E-state index contributed by atoms with van der Waals surface area (Å²) in [6, 6.07) is 6.07. The predicted octanol–water partition coefficient (Wildman–Crippen LogP) is 7.26. The molecule has 208 valence electrons. The zero-order valence-corrected chi connectivity index (χ0v) is 25.0. The lowest BCUT2D eigenvalue weighted by Crippen LogP contribution is -2.47. The number of rotatable bonds is 5. The van der Waals surface area contributed by atoms with E-state index in [-0.39, 0.29) is 18.5 Å². The van der Waals surface area contributed by atoms with Gasteiger partial charge in [0, 0.05) is 28.7 Å². The van der Waals surface area contributed by atoms with Crippen LogP contribution in [0.15, 0.2) is 35.1 Å². The molecule has 2 aliphatic rings. The van der Waals surface area contributed by atoms with Crippen LogP contribution in [-0.4, -0.2) is 54.6 Å². The van der Waals surface area contributed by atoms with Crippen molar-refractivity contribution in [2.75, 3.05) is 6.54 Å². The normalized spacial score (nSPS) is 19.5. The van der Waals surface area contributed by atoms with Crippen molar-refractivity contribution in [2.45, 2.75) is 90.4 Å². The van der Waals surface area contributed by atoms with Crippen LogP contribution in [0.3, 0.4) is 0 Å². The van der Waals surface area contributed by atoms with Gasteiger partial charge in [0.15, 0.2) is 0 Å². The van der Waals surface area contributed by atoms with Gasteiger partial charge in [0.05, 0.1) is 29.1 Å². The van der Waals surface area contributed by atoms with Crippen molar-refractivity contribution < 1.29 is 19.1 Å². The van der Waals surface area contributed by atoms with Crippen molar-refractivity contribution in [1.29, 1.82) is 0 Å². The Kier molecular flexibility index (Phi) is 7.20. The smallest absolute Gasteiger partial charge is 0.419 e. The van der Waals surface area contributed by atoms with E-state index in [1.165, 1.54) is 0 Å². The molecular formula is C29H36BrN5O4. The summed E-state index contributed by atoms with van der Waals surface area (Å²) in [5.41, 5.74) is 3.17. The van der Waals surface area contributed by atoms with E-state index in [2.05, 4.69) is 27.1 Å². The van der Waals surface area contributed by atoms with Crippen molar-refractivity contribution in [3.8, 4) is 11.3 Å². The minimum atomic E-state index is -0.716. The van der Waals surface area contributed by atoms with E-state index in [0.717, 1.165) is 63.0 Å². The molecule has 10 heteroatoms.